The first-order chi connectivity index (χ1) is 12.7. The highest BCUT2D eigenvalue weighted by atomic mass is 35.5. The van der Waals surface area contributed by atoms with Crippen molar-refractivity contribution in [2.45, 2.75) is 18.2 Å². The van der Waals surface area contributed by atoms with Gasteiger partial charge in [0.05, 0.1) is 10.6 Å². The van der Waals surface area contributed by atoms with Crippen molar-refractivity contribution in [1.29, 1.82) is 0 Å². The van der Waals surface area contributed by atoms with E-state index in [1.165, 1.54) is 18.2 Å². The summed E-state index contributed by atoms with van der Waals surface area (Å²) in [7, 11) is -4.19. The molecule has 1 aromatic heterocycles. The van der Waals surface area contributed by atoms with Crippen LogP contribution in [0, 0.1) is 0 Å². The number of aromatic nitrogens is 1. The average Bonchev–Trinajstić information content (AvgIpc) is 3.00. The first kappa shape index (κ1) is 19.5. The number of aromatic amines is 1. The molecule has 2 N–H and O–H groups in total. The molecule has 0 aliphatic rings. The van der Waals surface area contributed by atoms with E-state index in [9.17, 15) is 18.3 Å². The topological polar surface area (TPSA) is 90.5 Å². The molecular weight excluding hydrogens is 411 g/mol. The number of H-pyrrole nitrogens is 1. The fraction of sp³-hybridized carbons (Fsp3) is 0.167. The van der Waals surface area contributed by atoms with Crippen LogP contribution in [0.3, 0.4) is 0 Å². The minimum absolute atomic E-state index is 0.144. The highest BCUT2D eigenvalue weighted by molar-refractivity contribution is 7.92. The lowest BCUT2D eigenvalue weighted by atomic mass is 10.1. The van der Waals surface area contributed by atoms with Crippen molar-refractivity contribution in [2.24, 2.45) is 0 Å². The summed E-state index contributed by atoms with van der Waals surface area (Å²) in [6.07, 6.45) is 2.60. The number of halogens is 2. The number of nitrogens with zero attached hydrogens (tertiary/aromatic N) is 1. The number of hydrogen-bond donors (Lipinski definition) is 2. The summed E-state index contributed by atoms with van der Waals surface area (Å²) in [5.74, 6) is -1.28. The molecule has 27 heavy (non-hydrogen) atoms. The molecule has 0 bridgehead atoms. The van der Waals surface area contributed by atoms with Gasteiger partial charge in [-0.2, -0.15) is 0 Å². The summed E-state index contributed by atoms with van der Waals surface area (Å²) in [5.41, 5.74) is 2.09. The van der Waals surface area contributed by atoms with E-state index in [1.54, 1.807) is 18.2 Å². The number of carboxylic acid groups (broad SMARTS) is 1. The maximum atomic E-state index is 13.1. The second kappa shape index (κ2) is 7.42. The Labute approximate surface area is 166 Å². The van der Waals surface area contributed by atoms with Gasteiger partial charge in [-0.1, -0.05) is 30.1 Å². The van der Waals surface area contributed by atoms with Gasteiger partial charge in [-0.05, 0) is 48.4 Å². The van der Waals surface area contributed by atoms with Crippen LogP contribution >= 0.6 is 23.2 Å². The van der Waals surface area contributed by atoms with Gasteiger partial charge in [0.25, 0.3) is 10.0 Å². The Bertz CT molecular complexity index is 1110. The Morgan fingerprint density at radius 1 is 1.15 bits per heavy atom. The second-order valence-corrected chi connectivity index (χ2v) is 8.64. The lowest BCUT2D eigenvalue weighted by Gasteiger charge is -2.23. The van der Waals surface area contributed by atoms with Crippen LogP contribution in [0.15, 0.2) is 47.5 Å². The molecule has 3 rings (SSSR count). The minimum atomic E-state index is -4.19. The van der Waals surface area contributed by atoms with Gasteiger partial charge < -0.3 is 10.1 Å². The van der Waals surface area contributed by atoms with Gasteiger partial charge in [-0.15, -0.1) is 0 Å². The average molecular weight is 427 g/mol. The molecule has 0 aliphatic carbocycles. The van der Waals surface area contributed by atoms with Crippen LogP contribution in [0.25, 0.3) is 10.9 Å². The lowest BCUT2D eigenvalue weighted by molar-refractivity contribution is -0.135. The number of nitrogens with one attached hydrogen (secondary N) is 1. The Morgan fingerprint density at radius 3 is 2.41 bits per heavy atom. The molecule has 3 aromatic rings. The predicted molar refractivity (Wildman–Crippen MR) is 106 cm³/mol. The summed E-state index contributed by atoms with van der Waals surface area (Å²) >= 11 is 11.9. The third-order valence-corrected chi connectivity index (χ3v) is 6.31. The van der Waals surface area contributed by atoms with Crippen LogP contribution in [0.5, 0.6) is 0 Å². The van der Waals surface area contributed by atoms with Crippen LogP contribution < -0.4 is 4.31 Å². The van der Waals surface area contributed by atoms with E-state index in [-0.39, 0.29) is 20.6 Å². The summed E-state index contributed by atoms with van der Waals surface area (Å²) in [6, 6.07) is 8.83. The molecule has 0 amide bonds. The van der Waals surface area contributed by atoms with E-state index in [0.717, 1.165) is 27.2 Å². The maximum Gasteiger partial charge on any atom is 0.324 e. The summed E-state index contributed by atoms with van der Waals surface area (Å²) < 4.78 is 27.1. The van der Waals surface area contributed by atoms with Crippen molar-refractivity contribution < 1.29 is 18.3 Å². The molecule has 0 atom stereocenters. The molecule has 2 aromatic carbocycles. The molecule has 142 valence electrons. The molecule has 0 fully saturated rings. The molecule has 0 radical (unpaired) electrons. The monoisotopic (exact) mass is 426 g/mol. The van der Waals surface area contributed by atoms with Crippen molar-refractivity contribution in [2.75, 3.05) is 10.8 Å². The number of aryl methyl sites for hydroxylation is 1. The quantitative estimate of drug-likeness (QED) is 0.613. The lowest BCUT2D eigenvalue weighted by Crippen LogP contribution is -2.35. The Balaban J connectivity index is 2.17. The predicted octanol–water partition coefficient (Wildman–Crippen LogP) is 4.32. The highest BCUT2D eigenvalue weighted by Crippen LogP contribution is 2.31. The summed E-state index contributed by atoms with van der Waals surface area (Å²) in [5, 5.41) is 10.4. The van der Waals surface area contributed by atoms with Gasteiger partial charge in [0.1, 0.15) is 6.54 Å². The Morgan fingerprint density at radius 2 is 1.81 bits per heavy atom. The number of aliphatic carboxylic acids is 1. The zero-order valence-corrected chi connectivity index (χ0v) is 16.6. The van der Waals surface area contributed by atoms with Crippen molar-refractivity contribution >= 4 is 55.8 Å². The van der Waals surface area contributed by atoms with Gasteiger partial charge in [0, 0.05) is 27.1 Å². The van der Waals surface area contributed by atoms with Crippen LogP contribution in [0.1, 0.15) is 12.5 Å². The Hall–Kier alpha value is -2.22. The number of benzene rings is 2. The fourth-order valence-electron chi connectivity index (χ4n) is 2.86. The largest absolute Gasteiger partial charge is 0.480 e. The zero-order valence-electron chi connectivity index (χ0n) is 14.2. The molecule has 1 heterocycles. The van der Waals surface area contributed by atoms with E-state index in [0.29, 0.717) is 0 Å². The fourth-order valence-corrected chi connectivity index (χ4v) is 4.99. The first-order valence-corrected chi connectivity index (χ1v) is 10.2. The molecular formula is C18H16Cl2N2O4S. The third-order valence-electron chi connectivity index (χ3n) is 4.12. The number of rotatable bonds is 6. The van der Waals surface area contributed by atoms with Crippen LogP contribution in [0.4, 0.5) is 5.69 Å². The third kappa shape index (κ3) is 3.90. The highest BCUT2D eigenvalue weighted by Gasteiger charge is 2.28. The maximum absolute atomic E-state index is 13.1. The van der Waals surface area contributed by atoms with Crippen molar-refractivity contribution in [1.82, 2.24) is 4.98 Å². The molecule has 0 saturated heterocycles. The summed E-state index contributed by atoms with van der Waals surface area (Å²) in [4.78, 5) is 14.3. The number of hydrogen-bond acceptors (Lipinski definition) is 3. The Kier molecular flexibility index (Phi) is 5.37. The van der Waals surface area contributed by atoms with E-state index >= 15 is 0 Å². The number of sulfonamides is 1. The van der Waals surface area contributed by atoms with E-state index in [2.05, 4.69) is 4.98 Å². The smallest absolute Gasteiger partial charge is 0.324 e. The van der Waals surface area contributed by atoms with Gasteiger partial charge in [0.15, 0.2) is 0 Å². The van der Waals surface area contributed by atoms with E-state index < -0.39 is 22.5 Å². The number of carboxylic acids is 1. The van der Waals surface area contributed by atoms with Crippen LogP contribution in [0.2, 0.25) is 10.0 Å². The van der Waals surface area contributed by atoms with Crippen LogP contribution in [-0.2, 0) is 21.2 Å². The second-order valence-electron chi connectivity index (χ2n) is 5.91. The van der Waals surface area contributed by atoms with Gasteiger partial charge in [-0.25, -0.2) is 8.42 Å². The summed E-state index contributed by atoms with van der Waals surface area (Å²) in [6.45, 7) is 1.25. The number of fused-ring (bicyclic) bond motifs is 1. The van der Waals surface area contributed by atoms with Gasteiger partial charge >= 0.3 is 5.97 Å². The van der Waals surface area contributed by atoms with Crippen LogP contribution in [-0.4, -0.2) is 31.0 Å². The van der Waals surface area contributed by atoms with Gasteiger partial charge in [0.2, 0.25) is 0 Å². The number of anilines is 1. The molecule has 9 heteroatoms. The SMILES string of the molecule is CCc1c[nH]c2ccc(N(CC(=O)O)S(=O)(=O)c3cc(Cl)cc(Cl)c3)cc12. The van der Waals surface area contributed by atoms with E-state index in [4.69, 9.17) is 23.2 Å². The normalized spacial score (nSPS) is 11.7. The standard InChI is InChI=1S/C18H16Cl2N2O4S/c1-2-11-9-21-17-4-3-14(8-16(11)17)22(10-18(23)24)27(25,26)15-6-12(19)5-13(20)7-15/h3-9,21H,2,10H2,1H3,(H,23,24). The van der Waals surface area contributed by atoms with Crippen molar-refractivity contribution in [3.63, 3.8) is 0 Å². The van der Waals surface area contributed by atoms with Crippen molar-refractivity contribution in [3.05, 3.63) is 58.2 Å². The van der Waals surface area contributed by atoms with Crippen molar-refractivity contribution in [3.8, 4) is 0 Å². The molecule has 0 aliphatic heterocycles. The molecule has 0 spiro atoms. The van der Waals surface area contributed by atoms with E-state index in [1.807, 2.05) is 13.1 Å². The zero-order chi connectivity index (χ0) is 19.8. The van der Waals surface area contributed by atoms with Gasteiger partial charge in [-0.3, -0.25) is 9.10 Å². The molecule has 0 unspecified atom stereocenters. The molecule has 0 saturated carbocycles. The number of carbonyl (C=O) groups is 1. The first-order valence-electron chi connectivity index (χ1n) is 8.03. The minimum Gasteiger partial charge on any atom is -0.480 e. The molecule has 6 nitrogen and oxygen atoms in total.